The lowest BCUT2D eigenvalue weighted by Gasteiger charge is -2.02. The van der Waals surface area contributed by atoms with Gasteiger partial charge in [0.2, 0.25) is 0 Å². The smallest absolute Gasteiger partial charge is 0.274 e. The summed E-state index contributed by atoms with van der Waals surface area (Å²) in [5.41, 5.74) is 2.29. The Hall–Kier alpha value is -2.10. The lowest BCUT2D eigenvalue weighted by Crippen LogP contribution is -2.10. The number of para-hydroxylation sites is 2. The summed E-state index contributed by atoms with van der Waals surface area (Å²) in [6.07, 6.45) is 1.60. The fraction of sp³-hybridized carbons (Fsp3) is 0.0909. The van der Waals surface area contributed by atoms with Crippen molar-refractivity contribution in [3.63, 3.8) is 0 Å². The molecule has 0 saturated carbocycles. The molecule has 0 aliphatic rings. The molecule has 0 saturated heterocycles. The number of fused-ring (bicyclic) bond motifs is 3. The molecule has 1 N–H and O–H groups in total. The van der Waals surface area contributed by atoms with Crippen LogP contribution in [-0.2, 0) is 0 Å². The Balaban J connectivity index is 2.74. The SMILES string of the molecule is Cc1ncc2c(=O)[nH]c3ccccc3n12. The Labute approximate surface area is 85.2 Å². The van der Waals surface area contributed by atoms with Crippen LogP contribution in [0.4, 0.5) is 0 Å². The average molecular weight is 199 g/mol. The molecule has 3 rings (SSSR count). The third kappa shape index (κ3) is 1.01. The van der Waals surface area contributed by atoms with Crippen LogP contribution in [0.3, 0.4) is 0 Å². The maximum absolute atomic E-state index is 11.7. The van der Waals surface area contributed by atoms with Crippen LogP contribution >= 0.6 is 0 Å². The van der Waals surface area contributed by atoms with Crippen molar-refractivity contribution >= 4 is 16.6 Å². The van der Waals surface area contributed by atoms with E-state index in [-0.39, 0.29) is 5.56 Å². The number of nitrogens with zero attached hydrogens (tertiary/aromatic N) is 2. The highest BCUT2D eigenvalue weighted by atomic mass is 16.1. The molecule has 2 aromatic heterocycles. The number of nitrogens with one attached hydrogen (secondary N) is 1. The first-order chi connectivity index (χ1) is 7.27. The van der Waals surface area contributed by atoms with Crippen LogP contribution in [0.1, 0.15) is 5.82 Å². The van der Waals surface area contributed by atoms with E-state index >= 15 is 0 Å². The maximum atomic E-state index is 11.7. The van der Waals surface area contributed by atoms with Gasteiger partial charge in [-0.05, 0) is 19.1 Å². The van der Waals surface area contributed by atoms with E-state index in [4.69, 9.17) is 0 Å². The molecule has 4 nitrogen and oxygen atoms in total. The van der Waals surface area contributed by atoms with Gasteiger partial charge in [-0.15, -0.1) is 0 Å². The first-order valence-corrected chi connectivity index (χ1v) is 4.72. The first-order valence-electron chi connectivity index (χ1n) is 4.72. The van der Waals surface area contributed by atoms with Gasteiger partial charge in [-0.2, -0.15) is 0 Å². The Bertz CT molecular complexity index is 708. The zero-order chi connectivity index (χ0) is 10.4. The molecule has 4 heteroatoms. The summed E-state index contributed by atoms with van der Waals surface area (Å²) in [4.78, 5) is 18.7. The van der Waals surface area contributed by atoms with Crippen molar-refractivity contribution in [1.29, 1.82) is 0 Å². The van der Waals surface area contributed by atoms with Crippen molar-refractivity contribution in [2.45, 2.75) is 6.92 Å². The molecular weight excluding hydrogens is 190 g/mol. The number of aryl methyl sites for hydroxylation is 1. The van der Waals surface area contributed by atoms with E-state index < -0.39 is 0 Å². The number of aromatic nitrogens is 3. The fourth-order valence-corrected chi connectivity index (χ4v) is 1.87. The Morgan fingerprint density at radius 2 is 2.07 bits per heavy atom. The topological polar surface area (TPSA) is 50.2 Å². The molecule has 0 unspecified atom stereocenters. The summed E-state index contributed by atoms with van der Waals surface area (Å²) in [5.74, 6) is 0.826. The second-order valence-corrected chi connectivity index (χ2v) is 3.50. The number of aromatic amines is 1. The molecular formula is C11H9N3O. The van der Waals surface area contributed by atoms with Crippen LogP contribution in [0.15, 0.2) is 35.3 Å². The molecule has 0 aliphatic heterocycles. The van der Waals surface area contributed by atoms with Crippen molar-refractivity contribution in [2.75, 3.05) is 0 Å². The van der Waals surface area contributed by atoms with E-state index in [1.807, 2.05) is 35.6 Å². The number of hydrogen-bond donors (Lipinski definition) is 1. The molecule has 0 radical (unpaired) electrons. The van der Waals surface area contributed by atoms with Gasteiger partial charge in [0.25, 0.3) is 5.56 Å². The van der Waals surface area contributed by atoms with Crippen LogP contribution < -0.4 is 5.56 Å². The van der Waals surface area contributed by atoms with E-state index in [0.717, 1.165) is 16.9 Å². The van der Waals surface area contributed by atoms with Crippen molar-refractivity contribution < 1.29 is 0 Å². The van der Waals surface area contributed by atoms with Gasteiger partial charge in [0.1, 0.15) is 11.3 Å². The first kappa shape index (κ1) is 8.23. The molecule has 0 fully saturated rings. The van der Waals surface area contributed by atoms with Crippen LogP contribution in [0.5, 0.6) is 0 Å². The highest BCUT2D eigenvalue weighted by molar-refractivity contribution is 5.78. The van der Waals surface area contributed by atoms with E-state index in [0.29, 0.717) is 5.52 Å². The zero-order valence-corrected chi connectivity index (χ0v) is 8.19. The molecule has 3 aromatic rings. The minimum absolute atomic E-state index is 0.102. The summed E-state index contributed by atoms with van der Waals surface area (Å²) < 4.78 is 1.87. The van der Waals surface area contributed by atoms with Gasteiger partial charge in [0.05, 0.1) is 17.2 Å². The third-order valence-corrected chi connectivity index (χ3v) is 2.56. The summed E-state index contributed by atoms with van der Waals surface area (Å²) >= 11 is 0. The standard InChI is InChI=1S/C11H9N3O/c1-7-12-6-10-11(15)13-8-4-2-3-5-9(8)14(7)10/h2-6H,1H3,(H,13,15). The number of rotatable bonds is 0. The van der Waals surface area contributed by atoms with E-state index in [1.165, 1.54) is 0 Å². The van der Waals surface area contributed by atoms with Gasteiger partial charge in [0.15, 0.2) is 0 Å². The maximum Gasteiger partial charge on any atom is 0.274 e. The molecule has 0 amide bonds. The molecule has 0 aliphatic carbocycles. The predicted octanol–water partition coefficient (Wildman–Crippen LogP) is 1.48. The normalized spacial score (nSPS) is 11.3. The number of benzene rings is 1. The second kappa shape index (κ2) is 2.70. The highest BCUT2D eigenvalue weighted by Crippen LogP contribution is 2.12. The van der Waals surface area contributed by atoms with E-state index in [1.54, 1.807) is 6.20 Å². The lowest BCUT2D eigenvalue weighted by molar-refractivity contribution is 1.06. The molecule has 0 spiro atoms. The summed E-state index contributed by atoms with van der Waals surface area (Å²) in [6, 6.07) is 7.69. The van der Waals surface area contributed by atoms with Gasteiger partial charge >= 0.3 is 0 Å². The van der Waals surface area contributed by atoms with Crippen molar-refractivity contribution in [3.8, 4) is 0 Å². The number of H-pyrrole nitrogens is 1. The lowest BCUT2D eigenvalue weighted by atomic mass is 10.3. The van der Waals surface area contributed by atoms with Gasteiger partial charge in [-0.3, -0.25) is 9.20 Å². The molecule has 1 aromatic carbocycles. The number of imidazole rings is 1. The van der Waals surface area contributed by atoms with Crippen LogP contribution in [0.25, 0.3) is 16.6 Å². The average Bonchev–Trinajstić information content (AvgIpc) is 2.62. The molecule has 0 atom stereocenters. The van der Waals surface area contributed by atoms with Gasteiger partial charge in [-0.25, -0.2) is 4.98 Å². The molecule has 0 bridgehead atoms. The predicted molar refractivity (Wildman–Crippen MR) is 58.1 cm³/mol. The van der Waals surface area contributed by atoms with Gasteiger partial charge in [0, 0.05) is 0 Å². The minimum atomic E-state index is -0.102. The zero-order valence-electron chi connectivity index (χ0n) is 8.19. The van der Waals surface area contributed by atoms with Crippen LogP contribution in [0, 0.1) is 6.92 Å². The largest absolute Gasteiger partial charge is 0.319 e. The van der Waals surface area contributed by atoms with E-state index in [2.05, 4.69) is 9.97 Å². The van der Waals surface area contributed by atoms with Gasteiger partial charge < -0.3 is 4.98 Å². The van der Waals surface area contributed by atoms with Crippen LogP contribution in [-0.4, -0.2) is 14.4 Å². The summed E-state index contributed by atoms with van der Waals surface area (Å²) in [6.45, 7) is 1.89. The van der Waals surface area contributed by atoms with Crippen molar-refractivity contribution in [3.05, 3.63) is 46.6 Å². The van der Waals surface area contributed by atoms with E-state index in [9.17, 15) is 4.79 Å². The summed E-state index contributed by atoms with van der Waals surface area (Å²) in [5, 5.41) is 0. The van der Waals surface area contributed by atoms with Crippen molar-refractivity contribution in [1.82, 2.24) is 14.4 Å². The molecule has 2 heterocycles. The Kier molecular flexibility index (Phi) is 1.48. The second-order valence-electron chi connectivity index (χ2n) is 3.50. The third-order valence-electron chi connectivity index (χ3n) is 2.56. The molecule has 15 heavy (non-hydrogen) atoms. The Morgan fingerprint density at radius 1 is 1.27 bits per heavy atom. The summed E-state index contributed by atoms with van der Waals surface area (Å²) in [7, 11) is 0. The quantitative estimate of drug-likeness (QED) is 0.596. The van der Waals surface area contributed by atoms with Crippen molar-refractivity contribution in [2.24, 2.45) is 0 Å². The minimum Gasteiger partial charge on any atom is -0.319 e. The highest BCUT2D eigenvalue weighted by Gasteiger charge is 2.06. The fourth-order valence-electron chi connectivity index (χ4n) is 1.87. The molecule has 74 valence electrons. The monoisotopic (exact) mass is 199 g/mol. The van der Waals surface area contributed by atoms with Gasteiger partial charge in [-0.1, -0.05) is 12.1 Å². The van der Waals surface area contributed by atoms with Crippen LogP contribution in [0.2, 0.25) is 0 Å². The Morgan fingerprint density at radius 3 is 2.93 bits per heavy atom. The number of hydrogen-bond acceptors (Lipinski definition) is 2.